The van der Waals surface area contributed by atoms with E-state index in [9.17, 15) is 14.3 Å². The van der Waals surface area contributed by atoms with Crippen molar-refractivity contribution in [3.63, 3.8) is 0 Å². The zero-order valence-electron chi connectivity index (χ0n) is 44.7. The molecule has 0 aromatic heterocycles. The maximum atomic E-state index is 12.7. The predicted octanol–water partition coefficient (Wildman–Crippen LogP) is 18.1. The van der Waals surface area contributed by atoms with E-state index in [1.807, 2.05) is 0 Å². The highest BCUT2D eigenvalue weighted by atomic mass is 31.2. The molecule has 0 rings (SSSR count). The van der Waals surface area contributed by atoms with E-state index in [2.05, 4.69) is 135 Å². The van der Waals surface area contributed by atoms with Crippen LogP contribution in [0, 0.1) is 0 Å². The molecular weight excluding hydrogens is 890 g/mol. The summed E-state index contributed by atoms with van der Waals surface area (Å²) in [4.78, 5) is 22.7. The molecule has 3 N–H and O–H groups in total. The van der Waals surface area contributed by atoms with E-state index >= 15 is 0 Å². The average Bonchev–Trinajstić information content (AvgIpc) is 3.35. The Kier molecular flexibility index (Phi) is 54.3. The van der Waals surface area contributed by atoms with Crippen molar-refractivity contribution < 1.29 is 32.8 Å². The molecule has 0 amide bonds. The lowest BCUT2D eigenvalue weighted by Crippen LogP contribution is -2.28. The van der Waals surface area contributed by atoms with Crippen molar-refractivity contribution in [1.82, 2.24) is 0 Å². The lowest BCUT2D eigenvalue weighted by atomic mass is 10.0. The van der Waals surface area contributed by atoms with Crippen LogP contribution in [0.15, 0.2) is 122 Å². The van der Waals surface area contributed by atoms with Crippen LogP contribution < -0.4 is 5.73 Å². The Morgan fingerprint density at radius 1 is 0.443 bits per heavy atom. The standard InChI is InChI=1S/C61H104NO7P/c1-3-5-7-9-11-13-15-17-19-21-23-25-27-29-31-33-35-37-39-41-43-45-47-49-51-53-56-66-58-60(59-68-70(64,65)67-57-55-62)69-61(63)54-52-50-48-46-44-42-40-38-36-34-32-30-28-26-24-22-20-18-16-14-12-10-8-6-4-2/h5,7,11,13,16-19,22-25,28-31,35,37,41,43,60H,3-4,6,8-10,12,14-15,20-21,26-27,32-34,36,38-40,42,44-59,62H2,1-2H3,(H,64,65)/b7-5-,13-11-,18-16-,19-17-,24-22-,25-23-,30-28-,31-29-,37-35-,43-41-. The predicted molar refractivity (Wildman–Crippen MR) is 302 cm³/mol. The Bertz CT molecular complexity index is 1490. The number of unbranched alkanes of at least 4 members (excludes halogenated alkanes) is 19. The Hall–Kier alpha value is -3.10. The van der Waals surface area contributed by atoms with Gasteiger partial charge in [-0.25, -0.2) is 4.57 Å². The molecule has 0 aromatic rings. The van der Waals surface area contributed by atoms with Crippen molar-refractivity contribution in [2.75, 3.05) is 33.0 Å². The number of ether oxygens (including phenoxy) is 2. The molecule has 0 heterocycles. The minimum Gasteiger partial charge on any atom is -0.457 e. The maximum absolute atomic E-state index is 12.7. The van der Waals surface area contributed by atoms with E-state index in [-0.39, 0.29) is 32.3 Å². The molecule has 9 heteroatoms. The zero-order chi connectivity index (χ0) is 50.8. The van der Waals surface area contributed by atoms with Crippen molar-refractivity contribution in [3.8, 4) is 0 Å². The van der Waals surface area contributed by atoms with Gasteiger partial charge < -0.3 is 20.1 Å². The second-order valence-corrected chi connectivity index (χ2v) is 19.5. The Morgan fingerprint density at radius 2 is 0.800 bits per heavy atom. The van der Waals surface area contributed by atoms with Crippen molar-refractivity contribution in [2.45, 2.75) is 225 Å². The van der Waals surface area contributed by atoms with E-state index < -0.39 is 13.9 Å². The SMILES string of the molecule is CC/C=C\C/C=C\C/C=C\C/C=C\C/C=C\C/C=C\C/C=C\CCCCCCOCC(COP(=O)(O)OCCN)OC(=O)CCCCCCCCCCCC/C=C\C/C=C\C/C=C\CCCCCCC. The first kappa shape index (κ1) is 66.9. The van der Waals surface area contributed by atoms with E-state index in [0.717, 1.165) is 109 Å². The van der Waals surface area contributed by atoms with Crippen molar-refractivity contribution in [1.29, 1.82) is 0 Å². The number of carbonyl (C=O) groups is 1. The Labute approximate surface area is 430 Å². The summed E-state index contributed by atoms with van der Waals surface area (Å²) in [5.74, 6) is -0.348. The second-order valence-electron chi connectivity index (χ2n) is 18.1. The molecule has 8 nitrogen and oxygen atoms in total. The van der Waals surface area contributed by atoms with E-state index in [1.165, 1.54) is 89.9 Å². The highest BCUT2D eigenvalue weighted by Crippen LogP contribution is 2.43. The summed E-state index contributed by atoms with van der Waals surface area (Å²) in [6.45, 7) is 4.71. The van der Waals surface area contributed by atoms with Crippen LogP contribution in [-0.2, 0) is 27.9 Å². The summed E-state index contributed by atoms with van der Waals surface area (Å²) in [6, 6.07) is 0. The highest BCUT2D eigenvalue weighted by Gasteiger charge is 2.25. The number of allylic oxidation sites excluding steroid dienone is 20. The van der Waals surface area contributed by atoms with Gasteiger partial charge in [0.25, 0.3) is 0 Å². The lowest BCUT2D eigenvalue weighted by Gasteiger charge is -2.20. The molecule has 0 aliphatic rings. The normalized spacial score (nSPS) is 14.2. The van der Waals surface area contributed by atoms with Crippen LogP contribution in [0.4, 0.5) is 0 Å². The molecular formula is C61H104NO7P. The fourth-order valence-electron chi connectivity index (χ4n) is 7.28. The van der Waals surface area contributed by atoms with Gasteiger partial charge in [-0.2, -0.15) is 0 Å². The monoisotopic (exact) mass is 994 g/mol. The molecule has 0 fully saturated rings. The van der Waals surface area contributed by atoms with Gasteiger partial charge in [0.15, 0.2) is 0 Å². The molecule has 0 radical (unpaired) electrons. The number of carbonyl (C=O) groups excluding carboxylic acids is 1. The number of phosphoric acid groups is 1. The first-order chi connectivity index (χ1) is 34.4. The number of phosphoric ester groups is 1. The molecule has 0 saturated carbocycles. The van der Waals surface area contributed by atoms with Crippen LogP contribution in [0.2, 0.25) is 0 Å². The molecule has 400 valence electrons. The van der Waals surface area contributed by atoms with Crippen LogP contribution in [0.1, 0.15) is 219 Å². The summed E-state index contributed by atoms with van der Waals surface area (Å²) < 4.78 is 33.6. The minimum atomic E-state index is -4.31. The fourth-order valence-corrected chi connectivity index (χ4v) is 8.04. The van der Waals surface area contributed by atoms with Crippen molar-refractivity contribution in [3.05, 3.63) is 122 Å². The molecule has 0 bridgehead atoms. The highest BCUT2D eigenvalue weighted by molar-refractivity contribution is 7.47. The van der Waals surface area contributed by atoms with Crippen molar-refractivity contribution in [2.24, 2.45) is 5.73 Å². The summed E-state index contributed by atoms with van der Waals surface area (Å²) in [5.41, 5.74) is 5.40. The van der Waals surface area contributed by atoms with E-state index in [4.69, 9.17) is 24.3 Å². The molecule has 2 unspecified atom stereocenters. The molecule has 0 aliphatic carbocycles. The number of hydrogen-bond donors (Lipinski definition) is 2. The van der Waals surface area contributed by atoms with Crippen LogP contribution in [0.5, 0.6) is 0 Å². The van der Waals surface area contributed by atoms with Gasteiger partial charge in [-0.3, -0.25) is 13.8 Å². The molecule has 0 aliphatic heterocycles. The molecule has 0 aromatic carbocycles. The van der Waals surface area contributed by atoms with Crippen LogP contribution >= 0.6 is 7.82 Å². The first-order valence-corrected chi connectivity index (χ1v) is 29.5. The fraction of sp³-hybridized carbons (Fsp3) is 0.656. The van der Waals surface area contributed by atoms with Gasteiger partial charge in [0.2, 0.25) is 0 Å². The van der Waals surface area contributed by atoms with Crippen LogP contribution in [0.25, 0.3) is 0 Å². The van der Waals surface area contributed by atoms with Gasteiger partial charge in [-0.1, -0.05) is 225 Å². The largest absolute Gasteiger partial charge is 0.472 e. The van der Waals surface area contributed by atoms with Gasteiger partial charge in [0, 0.05) is 19.6 Å². The Balaban J connectivity index is 4.03. The molecule has 2 atom stereocenters. The van der Waals surface area contributed by atoms with Gasteiger partial charge in [0.1, 0.15) is 6.10 Å². The summed E-state index contributed by atoms with van der Waals surface area (Å²) in [5, 5.41) is 0. The molecule has 70 heavy (non-hydrogen) atoms. The summed E-state index contributed by atoms with van der Waals surface area (Å²) in [6.07, 6.45) is 79.6. The smallest absolute Gasteiger partial charge is 0.457 e. The van der Waals surface area contributed by atoms with Gasteiger partial charge in [0.05, 0.1) is 19.8 Å². The van der Waals surface area contributed by atoms with Crippen LogP contribution in [0.3, 0.4) is 0 Å². The van der Waals surface area contributed by atoms with E-state index in [0.29, 0.717) is 13.0 Å². The molecule has 0 spiro atoms. The average molecular weight is 994 g/mol. The van der Waals surface area contributed by atoms with Gasteiger partial charge >= 0.3 is 13.8 Å². The van der Waals surface area contributed by atoms with Gasteiger partial charge in [-0.05, 0) is 109 Å². The zero-order valence-corrected chi connectivity index (χ0v) is 45.6. The number of hydrogen-bond acceptors (Lipinski definition) is 7. The maximum Gasteiger partial charge on any atom is 0.472 e. The third-order valence-electron chi connectivity index (χ3n) is 11.4. The topological polar surface area (TPSA) is 117 Å². The minimum absolute atomic E-state index is 0.0882. The number of nitrogens with two attached hydrogens (primary N) is 1. The third-order valence-corrected chi connectivity index (χ3v) is 12.3. The van der Waals surface area contributed by atoms with Gasteiger partial charge in [-0.15, -0.1) is 0 Å². The first-order valence-electron chi connectivity index (χ1n) is 28.0. The van der Waals surface area contributed by atoms with Crippen LogP contribution in [-0.4, -0.2) is 49.9 Å². The van der Waals surface area contributed by atoms with Crippen molar-refractivity contribution >= 4 is 13.8 Å². The quantitative estimate of drug-likeness (QED) is 0.0268. The number of rotatable bonds is 52. The second kappa shape index (κ2) is 56.8. The summed E-state index contributed by atoms with van der Waals surface area (Å²) in [7, 11) is -4.31. The van der Waals surface area contributed by atoms with E-state index in [1.54, 1.807) is 0 Å². The molecule has 0 saturated heterocycles. The third kappa shape index (κ3) is 55.8. The lowest BCUT2D eigenvalue weighted by molar-refractivity contribution is -0.154. The number of esters is 1. The summed E-state index contributed by atoms with van der Waals surface area (Å²) >= 11 is 0. The Morgan fingerprint density at radius 3 is 1.20 bits per heavy atom.